The van der Waals surface area contributed by atoms with Gasteiger partial charge in [-0.3, -0.25) is 4.79 Å². The maximum Gasteiger partial charge on any atom is 0.236 e. The fraction of sp³-hybridized carbons (Fsp3) is 0.929. The van der Waals surface area contributed by atoms with Crippen molar-refractivity contribution in [1.82, 2.24) is 15.1 Å². The van der Waals surface area contributed by atoms with Crippen molar-refractivity contribution < 1.29 is 4.79 Å². The van der Waals surface area contributed by atoms with E-state index in [1.807, 2.05) is 4.90 Å². The average Bonchev–Trinajstić information content (AvgIpc) is 3.00. The second-order valence-corrected chi connectivity index (χ2v) is 6.42. The highest BCUT2D eigenvalue weighted by Crippen LogP contribution is 2.26. The minimum Gasteiger partial charge on any atom is -0.339 e. The summed E-state index contributed by atoms with van der Waals surface area (Å²) < 4.78 is 0. The van der Waals surface area contributed by atoms with E-state index in [4.69, 9.17) is 0 Å². The van der Waals surface area contributed by atoms with Crippen LogP contribution in [0.25, 0.3) is 0 Å². The molecule has 0 aromatic heterocycles. The molecule has 0 radical (unpaired) electrons. The molecule has 0 saturated heterocycles. The van der Waals surface area contributed by atoms with Crippen molar-refractivity contribution in [2.45, 2.75) is 39.7 Å². The zero-order valence-electron chi connectivity index (χ0n) is 12.6. The summed E-state index contributed by atoms with van der Waals surface area (Å²) >= 11 is 0. The maximum absolute atomic E-state index is 12.0. The summed E-state index contributed by atoms with van der Waals surface area (Å²) in [4.78, 5) is 16.2. The molecule has 0 unspecified atom stereocenters. The predicted octanol–water partition coefficient (Wildman–Crippen LogP) is 1.17. The van der Waals surface area contributed by atoms with Crippen LogP contribution in [0.5, 0.6) is 0 Å². The van der Waals surface area contributed by atoms with Crippen LogP contribution in [0.15, 0.2) is 0 Å². The summed E-state index contributed by atoms with van der Waals surface area (Å²) in [6.45, 7) is 9.72. The van der Waals surface area contributed by atoms with E-state index in [1.54, 1.807) is 0 Å². The minimum atomic E-state index is 0.195. The van der Waals surface area contributed by atoms with E-state index >= 15 is 0 Å². The van der Waals surface area contributed by atoms with Crippen LogP contribution in [-0.4, -0.2) is 62.0 Å². The Hall–Kier alpha value is -0.610. The van der Waals surface area contributed by atoms with E-state index in [0.717, 1.165) is 19.6 Å². The molecule has 0 heterocycles. The quantitative estimate of drug-likeness (QED) is 0.707. The van der Waals surface area contributed by atoms with E-state index in [2.05, 4.69) is 45.1 Å². The summed E-state index contributed by atoms with van der Waals surface area (Å²) in [5, 5.41) is 3.31. The first-order valence-electron chi connectivity index (χ1n) is 7.00. The lowest BCUT2D eigenvalue weighted by Gasteiger charge is -2.29. The van der Waals surface area contributed by atoms with E-state index < -0.39 is 0 Å². The molecule has 0 bridgehead atoms. The van der Waals surface area contributed by atoms with Crippen molar-refractivity contribution in [2.75, 3.05) is 40.3 Å². The third-order valence-corrected chi connectivity index (χ3v) is 3.27. The molecule has 1 aliphatic rings. The van der Waals surface area contributed by atoms with Crippen LogP contribution in [0.1, 0.15) is 33.6 Å². The Labute approximate surface area is 112 Å². The van der Waals surface area contributed by atoms with Gasteiger partial charge in [-0.25, -0.2) is 0 Å². The van der Waals surface area contributed by atoms with Gasteiger partial charge in [-0.1, -0.05) is 13.8 Å². The summed E-state index contributed by atoms with van der Waals surface area (Å²) in [7, 11) is 4.16. The van der Waals surface area contributed by atoms with Crippen molar-refractivity contribution >= 4 is 5.91 Å². The van der Waals surface area contributed by atoms with Gasteiger partial charge in [0.15, 0.2) is 0 Å². The molecule has 1 rings (SSSR count). The Kier molecular flexibility index (Phi) is 5.60. The molecule has 1 amide bonds. The molecule has 0 aliphatic heterocycles. The lowest BCUT2D eigenvalue weighted by Crippen LogP contribution is -2.43. The molecule has 1 saturated carbocycles. The van der Waals surface area contributed by atoms with Gasteiger partial charge in [0.05, 0.1) is 6.54 Å². The molecule has 4 heteroatoms. The molecule has 0 atom stereocenters. The normalized spacial score (nSPS) is 16.1. The van der Waals surface area contributed by atoms with Crippen LogP contribution in [0, 0.1) is 5.41 Å². The van der Waals surface area contributed by atoms with Crippen LogP contribution < -0.4 is 5.32 Å². The van der Waals surface area contributed by atoms with Crippen LogP contribution in [0.2, 0.25) is 0 Å². The van der Waals surface area contributed by atoms with Gasteiger partial charge in [0.2, 0.25) is 5.91 Å². The largest absolute Gasteiger partial charge is 0.339 e. The SMILES string of the molecule is CCN(C(=O)CNCC(C)(C)CN(C)C)C1CC1. The monoisotopic (exact) mass is 255 g/mol. The Morgan fingerprint density at radius 1 is 1.33 bits per heavy atom. The Morgan fingerprint density at radius 3 is 2.39 bits per heavy atom. The van der Waals surface area contributed by atoms with Crippen molar-refractivity contribution in [3.05, 3.63) is 0 Å². The van der Waals surface area contributed by atoms with Crippen LogP contribution in [0.3, 0.4) is 0 Å². The van der Waals surface area contributed by atoms with E-state index in [1.165, 1.54) is 12.8 Å². The van der Waals surface area contributed by atoms with E-state index in [9.17, 15) is 4.79 Å². The summed E-state index contributed by atoms with van der Waals surface area (Å²) in [5.74, 6) is 0.251. The summed E-state index contributed by atoms with van der Waals surface area (Å²) in [5.41, 5.74) is 0.195. The number of likely N-dealkylation sites (N-methyl/N-ethyl adjacent to an activating group) is 1. The molecule has 4 nitrogen and oxygen atoms in total. The van der Waals surface area contributed by atoms with Gasteiger partial charge in [0.25, 0.3) is 0 Å². The van der Waals surface area contributed by atoms with Crippen molar-refractivity contribution in [3.63, 3.8) is 0 Å². The van der Waals surface area contributed by atoms with Crippen molar-refractivity contribution in [1.29, 1.82) is 0 Å². The van der Waals surface area contributed by atoms with Crippen molar-refractivity contribution in [3.8, 4) is 0 Å². The summed E-state index contributed by atoms with van der Waals surface area (Å²) in [6.07, 6.45) is 2.37. The first-order valence-corrected chi connectivity index (χ1v) is 7.00. The highest BCUT2D eigenvalue weighted by atomic mass is 16.2. The number of amides is 1. The number of nitrogens with one attached hydrogen (secondary N) is 1. The fourth-order valence-corrected chi connectivity index (χ4v) is 2.55. The molecular formula is C14H29N3O. The van der Waals surface area contributed by atoms with Gasteiger partial charge in [-0.15, -0.1) is 0 Å². The standard InChI is InChI=1S/C14H29N3O/c1-6-17(12-7-8-12)13(18)9-15-10-14(2,3)11-16(4)5/h12,15H,6-11H2,1-5H3. The second-order valence-electron chi connectivity index (χ2n) is 6.42. The van der Waals surface area contributed by atoms with Crippen molar-refractivity contribution in [2.24, 2.45) is 5.41 Å². The molecule has 1 N–H and O–H groups in total. The van der Waals surface area contributed by atoms with Gasteiger partial charge in [0.1, 0.15) is 0 Å². The van der Waals surface area contributed by atoms with E-state index in [-0.39, 0.29) is 11.3 Å². The first-order chi connectivity index (χ1) is 8.35. The Bertz CT molecular complexity index is 272. The van der Waals surface area contributed by atoms with Gasteiger partial charge < -0.3 is 15.1 Å². The van der Waals surface area contributed by atoms with Gasteiger partial charge in [0, 0.05) is 25.7 Å². The van der Waals surface area contributed by atoms with Crippen LogP contribution in [-0.2, 0) is 4.79 Å². The maximum atomic E-state index is 12.0. The van der Waals surface area contributed by atoms with Crippen LogP contribution >= 0.6 is 0 Å². The average molecular weight is 255 g/mol. The molecule has 1 fully saturated rings. The topological polar surface area (TPSA) is 35.6 Å². The molecule has 0 aromatic rings. The molecule has 18 heavy (non-hydrogen) atoms. The number of hydrogen-bond acceptors (Lipinski definition) is 3. The summed E-state index contributed by atoms with van der Waals surface area (Å²) in [6, 6.07) is 0.527. The fourth-order valence-electron chi connectivity index (χ4n) is 2.55. The molecule has 0 spiro atoms. The third kappa shape index (κ3) is 5.36. The number of carbonyl (C=O) groups is 1. The number of nitrogens with zero attached hydrogens (tertiary/aromatic N) is 2. The zero-order chi connectivity index (χ0) is 13.8. The van der Waals surface area contributed by atoms with E-state index in [0.29, 0.717) is 12.6 Å². The zero-order valence-corrected chi connectivity index (χ0v) is 12.6. The lowest BCUT2D eigenvalue weighted by atomic mass is 9.93. The highest BCUT2D eigenvalue weighted by molar-refractivity contribution is 5.78. The van der Waals surface area contributed by atoms with Gasteiger partial charge >= 0.3 is 0 Å². The van der Waals surface area contributed by atoms with Crippen LogP contribution in [0.4, 0.5) is 0 Å². The predicted molar refractivity (Wildman–Crippen MR) is 75.6 cm³/mol. The molecular weight excluding hydrogens is 226 g/mol. The number of carbonyl (C=O) groups excluding carboxylic acids is 1. The molecule has 1 aliphatic carbocycles. The smallest absolute Gasteiger partial charge is 0.236 e. The lowest BCUT2D eigenvalue weighted by molar-refractivity contribution is -0.130. The number of hydrogen-bond donors (Lipinski definition) is 1. The highest BCUT2D eigenvalue weighted by Gasteiger charge is 2.31. The first kappa shape index (κ1) is 15.4. The third-order valence-electron chi connectivity index (χ3n) is 3.27. The molecule has 106 valence electrons. The van der Waals surface area contributed by atoms with Gasteiger partial charge in [-0.05, 0) is 39.3 Å². The Balaban J connectivity index is 2.25. The molecule has 0 aromatic carbocycles. The second kappa shape index (κ2) is 6.53. The number of rotatable bonds is 8. The van der Waals surface area contributed by atoms with Gasteiger partial charge in [-0.2, -0.15) is 0 Å². The minimum absolute atomic E-state index is 0.195. The Morgan fingerprint density at radius 2 is 1.94 bits per heavy atom.